The molecule has 1 aromatic carbocycles. The van der Waals surface area contributed by atoms with Crippen molar-refractivity contribution in [1.29, 1.82) is 0 Å². The molecule has 0 radical (unpaired) electrons. The molecular formula is C20H14F3N7O3. The van der Waals surface area contributed by atoms with E-state index in [0.29, 0.717) is 5.56 Å². The monoisotopic (exact) mass is 457 g/mol. The number of hydrogen-bond donors (Lipinski definition) is 2. The first-order valence-corrected chi connectivity index (χ1v) is 9.31. The molecule has 0 saturated heterocycles. The van der Waals surface area contributed by atoms with Crippen molar-refractivity contribution in [2.24, 2.45) is 0 Å². The van der Waals surface area contributed by atoms with Gasteiger partial charge in [-0.1, -0.05) is 11.2 Å². The number of halogens is 3. The first-order chi connectivity index (χ1) is 15.7. The minimum absolute atomic E-state index is 0.0308. The van der Waals surface area contributed by atoms with Crippen LogP contribution in [0.4, 0.5) is 19.2 Å². The Bertz CT molecular complexity index is 1370. The summed E-state index contributed by atoms with van der Waals surface area (Å²) < 4.78 is 45.2. The predicted molar refractivity (Wildman–Crippen MR) is 108 cm³/mol. The number of alkyl halides is 3. The number of aromatic nitrogens is 5. The molecule has 0 fully saturated rings. The van der Waals surface area contributed by atoms with Crippen molar-refractivity contribution in [3.8, 4) is 17.1 Å². The summed E-state index contributed by atoms with van der Waals surface area (Å²) in [5.41, 5.74) is 3.29. The fourth-order valence-corrected chi connectivity index (χ4v) is 2.84. The van der Waals surface area contributed by atoms with Crippen LogP contribution in [-0.2, 0) is 6.18 Å². The number of nitrogens with zero attached hydrogens (tertiary/aromatic N) is 5. The fourth-order valence-electron chi connectivity index (χ4n) is 2.84. The molecule has 10 nitrogen and oxygen atoms in total. The van der Waals surface area contributed by atoms with Crippen LogP contribution in [0, 0.1) is 6.92 Å². The van der Waals surface area contributed by atoms with Crippen LogP contribution in [0.15, 0.2) is 64.2 Å². The van der Waals surface area contributed by atoms with Crippen molar-refractivity contribution in [2.45, 2.75) is 13.1 Å². The summed E-state index contributed by atoms with van der Waals surface area (Å²) in [4.78, 5) is 32.7. The average molecular weight is 457 g/mol. The smallest absolute Gasteiger partial charge is 0.313 e. The third-order valence-corrected chi connectivity index (χ3v) is 4.39. The lowest BCUT2D eigenvalue weighted by atomic mass is 10.2. The Kier molecular flexibility index (Phi) is 5.60. The van der Waals surface area contributed by atoms with E-state index < -0.39 is 28.8 Å². The molecule has 3 aromatic heterocycles. The number of hydrazine groups is 1. The van der Waals surface area contributed by atoms with Gasteiger partial charge in [-0.25, -0.2) is 10.1 Å². The summed E-state index contributed by atoms with van der Waals surface area (Å²) in [5.74, 6) is -0.723. The number of nitrogens with one attached hydrogen (secondary N) is 2. The van der Waals surface area contributed by atoms with E-state index in [2.05, 4.69) is 31.1 Å². The van der Waals surface area contributed by atoms with Crippen molar-refractivity contribution in [1.82, 2.24) is 30.3 Å². The highest BCUT2D eigenvalue weighted by molar-refractivity contribution is 5.92. The third-order valence-electron chi connectivity index (χ3n) is 4.39. The normalized spacial score (nSPS) is 11.3. The Labute approximate surface area is 183 Å². The number of rotatable bonds is 5. The standard InChI is InChI=1S/C20H14F3N7O3/c1-11-9-15(31)16(28-30(11)14-4-2-3-13(10-14)20(21,22)23)18(32)26-27-19-25-17(29-33-19)12-5-7-24-8-6-12/h2-10H,1H3,(H,26,32)(H,25,27,29). The third kappa shape index (κ3) is 4.71. The average Bonchev–Trinajstić information content (AvgIpc) is 3.27. The second-order valence-electron chi connectivity index (χ2n) is 6.70. The van der Waals surface area contributed by atoms with Crippen molar-refractivity contribution < 1.29 is 22.5 Å². The van der Waals surface area contributed by atoms with Crippen molar-refractivity contribution >= 4 is 11.9 Å². The summed E-state index contributed by atoms with van der Waals surface area (Å²) in [6, 6.07) is 8.58. The highest BCUT2D eigenvalue weighted by Crippen LogP contribution is 2.30. The SMILES string of the molecule is Cc1cc(=O)c(C(=O)NNc2nc(-c3ccncc3)no2)nn1-c1cccc(C(F)(F)F)c1. The van der Waals surface area contributed by atoms with Gasteiger partial charge in [0.25, 0.3) is 5.91 Å². The minimum Gasteiger partial charge on any atom is -0.313 e. The first kappa shape index (κ1) is 21.7. The van der Waals surface area contributed by atoms with Crippen LogP contribution < -0.4 is 16.3 Å². The van der Waals surface area contributed by atoms with Gasteiger partial charge in [-0.05, 0) is 37.3 Å². The molecule has 33 heavy (non-hydrogen) atoms. The molecule has 0 atom stereocenters. The number of benzene rings is 1. The largest absolute Gasteiger partial charge is 0.416 e. The molecule has 168 valence electrons. The topological polar surface area (TPSA) is 128 Å². The second kappa shape index (κ2) is 8.53. The highest BCUT2D eigenvalue weighted by atomic mass is 19.4. The van der Waals surface area contributed by atoms with E-state index in [-0.39, 0.29) is 23.2 Å². The minimum atomic E-state index is -4.56. The molecule has 0 unspecified atom stereocenters. The van der Waals surface area contributed by atoms with Crippen LogP contribution in [0.3, 0.4) is 0 Å². The van der Waals surface area contributed by atoms with Gasteiger partial charge in [-0.3, -0.25) is 20.0 Å². The maximum absolute atomic E-state index is 13.1. The van der Waals surface area contributed by atoms with E-state index in [0.717, 1.165) is 22.9 Å². The van der Waals surface area contributed by atoms with E-state index in [9.17, 15) is 22.8 Å². The van der Waals surface area contributed by atoms with Crippen molar-refractivity contribution in [3.63, 3.8) is 0 Å². The van der Waals surface area contributed by atoms with Gasteiger partial charge in [0.05, 0.1) is 11.3 Å². The lowest BCUT2D eigenvalue weighted by Crippen LogP contribution is -2.35. The lowest BCUT2D eigenvalue weighted by Gasteiger charge is -2.13. The first-order valence-electron chi connectivity index (χ1n) is 9.31. The molecule has 4 rings (SSSR count). The molecule has 0 aliphatic carbocycles. The molecule has 0 bridgehead atoms. The van der Waals surface area contributed by atoms with Gasteiger partial charge in [0.2, 0.25) is 11.3 Å². The molecule has 0 aliphatic heterocycles. The van der Waals surface area contributed by atoms with Crippen LogP contribution in [0.1, 0.15) is 21.7 Å². The van der Waals surface area contributed by atoms with Gasteiger partial charge in [0.15, 0.2) is 5.69 Å². The zero-order valence-electron chi connectivity index (χ0n) is 16.8. The summed E-state index contributed by atoms with van der Waals surface area (Å²) in [7, 11) is 0. The van der Waals surface area contributed by atoms with Crippen LogP contribution in [-0.4, -0.2) is 30.8 Å². The maximum Gasteiger partial charge on any atom is 0.416 e. The van der Waals surface area contributed by atoms with E-state index in [1.165, 1.54) is 19.1 Å². The zero-order chi connectivity index (χ0) is 23.6. The number of amides is 1. The Morgan fingerprint density at radius 1 is 1.12 bits per heavy atom. The van der Waals surface area contributed by atoms with Gasteiger partial charge in [-0.15, -0.1) is 0 Å². The van der Waals surface area contributed by atoms with Crippen LogP contribution in [0.25, 0.3) is 17.1 Å². The molecule has 0 aliphatic rings. The molecular weight excluding hydrogens is 443 g/mol. The van der Waals surface area contributed by atoms with Crippen LogP contribution in [0.5, 0.6) is 0 Å². The van der Waals surface area contributed by atoms with Crippen LogP contribution >= 0.6 is 0 Å². The van der Waals surface area contributed by atoms with Crippen molar-refractivity contribution in [3.05, 3.63) is 82.0 Å². The van der Waals surface area contributed by atoms with E-state index in [1.54, 1.807) is 24.5 Å². The Balaban J connectivity index is 1.55. The summed E-state index contributed by atoms with van der Waals surface area (Å²) in [6.07, 6.45) is -1.48. The Morgan fingerprint density at radius 3 is 2.61 bits per heavy atom. The summed E-state index contributed by atoms with van der Waals surface area (Å²) in [5, 5.41) is 7.69. The van der Waals surface area contributed by atoms with Gasteiger partial charge in [0, 0.05) is 29.7 Å². The summed E-state index contributed by atoms with van der Waals surface area (Å²) in [6.45, 7) is 1.48. The number of anilines is 1. The van der Waals surface area contributed by atoms with E-state index >= 15 is 0 Å². The second-order valence-corrected chi connectivity index (χ2v) is 6.70. The molecule has 1 amide bonds. The zero-order valence-corrected chi connectivity index (χ0v) is 16.8. The van der Waals surface area contributed by atoms with Crippen molar-refractivity contribution in [2.75, 3.05) is 5.43 Å². The molecule has 0 spiro atoms. The predicted octanol–water partition coefficient (Wildman–Crippen LogP) is 2.76. The van der Waals surface area contributed by atoms with E-state index in [4.69, 9.17) is 4.52 Å². The Morgan fingerprint density at radius 2 is 1.88 bits per heavy atom. The molecule has 2 N–H and O–H groups in total. The number of carbonyl (C=O) groups is 1. The summed E-state index contributed by atoms with van der Waals surface area (Å²) >= 11 is 0. The number of pyridine rings is 1. The lowest BCUT2D eigenvalue weighted by molar-refractivity contribution is -0.137. The number of aryl methyl sites for hydroxylation is 1. The number of carbonyl (C=O) groups excluding carboxylic acids is 1. The molecule has 4 aromatic rings. The Hall–Kier alpha value is -4.55. The quantitative estimate of drug-likeness (QED) is 0.438. The van der Waals surface area contributed by atoms with E-state index in [1.807, 2.05) is 0 Å². The fraction of sp³-hybridized carbons (Fsp3) is 0.100. The molecule has 3 heterocycles. The van der Waals surface area contributed by atoms with Gasteiger partial charge >= 0.3 is 12.2 Å². The van der Waals surface area contributed by atoms with Gasteiger partial charge in [0.1, 0.15) is 0 Å². The van der Waals surface area contributed by atoms with Gasteiger partial charge < -0.3 is 4.52 Å². The molecule has 0 saturated carbocycles. The van der Waals surface area contributed by atoms with Crippen LogP contribution in [0.2, 0.25) is 0 Å². The highest BCUT2D eigenvalue weighted by Gasteiger charge is 2.30. The van der Waals surface area contributed by atoms with Gasteiger partial charge in [-0.2, -0.15) is 23.3 Å². The number of hydrogen-bond acceptors (Lipinski definition) is 8. The molecule has 13 heteroatoms. The maximum atomic E-state index is 13.1.